The lowest BCUT2D eigenvalue weighted by atomic mass is 10.3. The number of benzene rings is 2. The summed E-state index contributed by atoms with van der Waals surface area (Å²) in [5, 5.41) is 0.0822. The van der Waals surface area contributed by atoms with Crippen molar-refractivity contribution in [2.75, 3.05) is 11.3 Å². The number of para-hydroxylation sites is 1. The number of nitrogens with one attached hydrogen (secondary N) is 1. The van der Waals surface area contributed by atoms with Crippen molar-refractivity contribution in [3.63, 3.8) is 0 Å². The molecule has 0 unspecified atom stereocenters. The van der Waals surface area contributed by atoms with Crippen LogP contribution < -0.4 is 9.46 Å². The van der Waals surface area contributed by atoms with E-state index in [2.05, 4.69) is 0 Å². The first-order chi connectivity index (χ1) is 10.3. The topological polar surface area (TPSA) is 55.4 Å². The molecule has 2 aromatic rings. The molecule has 0 heterocycles. The van der Waals surface area contributed by atoms with Gasteiger partial charge in [-0.05, 0) is 37.3 Å². The van der Waals surface area contributed by atoms with Gasteiger partial charge in [-0.25, -0.2) is 17.2 Å². The van der Waals surface area contributed by atoms with E-state index >= 15 is 0 Å². The van der Waals surface area contributed by atoms with Gasteiger partial charge >= 0.3 is 0 Å². The van der Waals surface area contributed by atoms with Gasteiger partial charge in [-0.2, -0.15) is 0 Å². The lowest BCUT2D eigenvalue weighted by Crippen LogP contribution is -2.15. The molecule has 22 heavy (non-hydrogen) atoms. The van der Waals surface area contributed by atoms with Crippen molar-refractivity contribution in [3.05, 3.63) is 53.1 Å². The third-order valence-corrected chi connectivity index (χ3v) is 4.36. The van der Waals surface area contributed by atoms with Crippen molar-refractivity contribution in [2.45, 2.75) is 11.8 Å². The average Bonchev–Trinajstić information content (AvgIpc) is 2.45. The van der Waals surface area contributed by atoms with Gasteiger partial charge in [0.1, 0.15) is 23.1 Å². The maximum Gasteiger partial charge on any atom is 0.262 e. The molecule has 0 aliphatic rings. The summed E-state index contributed by atoms with van der Waals surface area (Å²) in [7, 11) is -4.18. The highest BCUT2D eigenvalue weighted by Gasteiger charge is 2.20. The van der Waals surface area contributed by atoms with Gasteiger partial charge in [-0.15, -0.1) is 0 Å². The van der Waals surface area contributed by atoms with Gasteiger partial charge in [0.05, 0.1) is 16.5 Å². The number of hydrogen-bond acceptors (Lipinski definition) is 3. The van der Waals surface area contributed by atoms with Crippen LogP contribution in [0.15, 0.2) is 41.3 Å². The molecule has 0 fully saturated rings. The maximum absolute atomic E-state index is 13.5. The normalized spacial score (nSPS) is 11.3. The van der Waals surface area contributed by atoms with Crippen molar-refractivity contribution >= 4 is 27.3 Å². The smallest absolute Gasteiger partial charge is 0.262 e. The zero-order chi connectivity index (χ0) is 16.3. The van der Waals surface area contributed by atoms with Crippen LogP contribution in [0.3, 0.4) is 0 Å². The van der Waals surface area contributed by atoms with Crippen LogP contribution in [-0.2, 0) is 10.0 Å². The van der Waals surface area contributed by atoms with E-state index in [1.54, 1.807) is 6.92 Å². The van der Waals surface area contributed by atoms with Crippen molar-refractivity contribution in [2.24, 2.45) is 0 Å². The quantitative estimate of drug-likeness (QED) is 0.894. The van der Waals surface area contributed by atoms with Crippen molar-refractivity contribution < 1.29 is 21.9 Å². The van der Waals surface area contributed by atoms with Gasteiger partial charge in [0.25, 0.3) is 10.0 Å². The Balaban J connectivity index is 2.37. The standard InChI is InChI=1S/C14H12ClF2NO3S/c1-2-21-13-7-6-9(8-10(13)15)22(19,20)18-14-11(16)4-3-5-12(14)17/h3-8,18H,2H2,1H3. The highest BCUT2D eigenvalue weighted by molar-refractivity contribution is 7.92. The Labute approximate surface area is 131 Å². The largest absolute Gasteiger partial charge is 0.492 e. The van der Waals surface area contributed by atoms with Crippen molar-refractivity contribution in [3.8, 4) is 5.75 Å². The second-order valence-electron chi connectivity index (χ2n) is 4.23. The Kier molecular flexibility index (Phi) is 4.87. The van der Waals surface area contributed by atoms with Crippen LogP contribution in [0.25, 0.3) is 0 Å². The lowest BCUT2D eigenvalue weighted by Gasteiger charge is -2.11. The molecule has 0 spiro atoms. The number of anilines is 1. The van der Waals surface area contributed by atoms with E-state index in [1.807, 2.05) is 4.72 Å². The summed E-state index contributed by atoms with van der Waals surface area (Å²) < 4.78 is 58.5. The molecule has 0 aliphatic heterocycles. The molecule has 8 heteroatoms. The summed E-state index contributed by atoms with van der Waals surface area (Å²) in [6.45, 7) is 2.12. The van der Waals surface area contributed by atoms with Crippen LogP contribution in [-0.4, -0.2) is 15.0 Å². The Morgan fingerprint density at radius 1 is 1.18 bits per heavy atom. The predicted molar refractivity (Wildman–Crippen MR) is 79.8 cm³/mol. The molecule has 4 nitrogen and oxygen atoms in total. The van der Waals surface area contributed by atoms with E-state index in [1.165, 1.54) is 12.1 Å². The van der Waals surface area contributed by atoms with E-state index in [0.717, 1.165) is 24.3 Å². The highest BCUT2D eigenvalue weighted by atomic mass is 35.5. The SMILES string of the molecule is CCOc1ccc(S(=O)(=O)Nc2c(F)cccc2F)cc1Cl. The van der Waals surface area contributed by atoms with Crippen LogP contribution in [0.5, 0.6) is 5.75 Å². The summed E-state index contributed by atoms with van der Waals surface area (Å²) in [5.74, 6) is -1.71. The van der Waals surface area contributed by atoms with Gasteiger partial charge in [0, 0.05) is 0 Å². The summed E-state index contributed by atoms with van der Waals surface area (Å²) in [6, 6.07) is 6.79. The molecule has 1 N–H and O–H groups in total. The molecule has 0 saturated heterocycles. The number of rotatable bonds is 5. The van der Waals surface area contributed by atoms with Gasteiger partial charge in [-0.3, -0.25) is 4.72 Å². The second-order valence-corrected chi connectivity index (χ2v) is 6.32. The third kappa shape index (κ3) is 3.48. The second kappa shape index (κ2) is 6.50. The molecule has 0 radical (unpaired) electrons. The monoisotopic (exact) mass is 347 g/mol. The molecular weight excluding hydrogens is 336 g/mol. The van der Waals surface area contributed by atoms with Gasteiger partial charge in [0.2, 0.25) is 0 Å². The molecule has 118 valence electrons. The molecule has 0 bridgehead atoms. The number of hydrogen-bond donors (Lipinski definition) is 1. The lowest BCUT2D eigenvalue weighted by molar-refractivity contribution is 0.340. The Morgan fingerprint density at radius 2 is 1.82 bits per heavy atom. The number of halogens is 3. The Morgan fingerprint density at radius 3 is 2.36 bits per heavy atom. The van der Waals surface area contributed by atoms with E-state index in [-0.39, 0.29) is 9.92 Å². The van der Waals surface area contributed by atoms with Crippen molar-refractivity contribution in [1.29, 1.82) is 0 Å². The highest BCUT2D eigenvalue weighted by Crippen LogP contribution is 2.29. The van der Waals surface area contributed by atoms with Crippen LogP contribution in [0.4, 0.5) is 14.5 Å². The fraction of sp³-hybridized carbons (Fsp3) is 0.143. The zero-order valence-corrected chi connectivity index (χ0v) is 13.0. The molecule has 2 rings (SSSR count). The molecule has 2 aromatic carbocycles. The van der Waals surface area contributed by atoms with E-state index in [4.69, 9.17) is 16.3 Å². The third-order valence-electron chi connectivity index (χ3n) is 2.71. The molecule has 0 saturated carbocycles. The number of ether oxygens (including phenoxy) is 1. The molecule has 0 aliphatic carbocycles. The predicted octanol–water partition coefficient (Wildman–Crippen LogP) is 3.82. The average molecular weight is 348 g/mol. The molecular formula is C14H12ClF2NO3S. The first kappa shape index (κ1) is 16.5. The van der Waals surface area contributed by atoms with E-state index in [9.17, 15) is 17.2 Å². The molecule has 0 aromatic heterocycles. The van der Waals surface area contributed by atoms with Gasteiger partial charge < -0.3 is 4.74 Å². The van der Waals surface area contributed by atoms with E-state index in [0.29, 0.717) is 12.4 Å². The fourth-order valence-electron chi connectivity index (χ4n) is 1.71. The Hall–Kier alpha value is -1.86. The summed E-state index contributed by atoms with van der Waals surface area (Å²) >= 11 is 5.91. The van der Waals surface area contributed by atoms with E-state index < -0.39 is 27.3 Å². The maximum atomic E-state index is 13.5. The minimum absolute atomic E-state index is 0.0822. The molecule has 0 amide bonds. The van der Waals surface area contributed by atoms with Crippen LogP contribution in [0.1, 0.15) is 6.92 Å². The minimum atomic E-state index is -4.18. The van der Waals surface area contributed by atoms with Crippen LogP contribution >= 0.6 is 11.6 Å². The summed E-state index contributed by atoms with van der Waals surface area (Å²) in [5.41, 5.74) is -0.743. The van der Waals surface area contributed by atoms with Crippen LogP contribution in [0.2, 0.25) is 5.02 Å². The summed E-state index contributed by atoms with van der Waals surface area (Å²) in [6.07, 6.45) is 0. The fourth-order valence-corrected chi connectivity index (χ4v) is 3.11. The minimum Gasteiger partial charge on any atom is -0.492 e. The summed E-state index contributed by atoms with van der Waals surface area (Å²) in [4.78, 5) is -0.233. The molecule has 0 atom stereocenters. The Bertz CT molecular complexity index is 776. The van der Waals surface area contributed by atoms with Gasteiger partial charge in [0.15, 0.2) is 0 Å². The van der Waals surface area contributed by atoms with Crippen LogP contribution in [0, 0.1) is 11.6 Å². The zero-order valence-electron chi connectivity index (χ0n) is 11.4. The van der Waals surface area contributed by atoms with Gasteiger partial charge in [-0.1, -0.05) is 17.7 Å². The first-order valence-corrected chi connectivity index (χ1v) is 8.10. The number of sulfonamides is 1. The van der Waals surface area contributed by atoms with Crippen molar-refractivity contribution in [1.82, 2.24) is 0 Å². The first-order valence-electron chi connectivity index (χ1n) is 6.24.